The Kier molecular flexibility index (Phi) is 8.69. The number of hydrogen-bond acceptors (Lipinski definition) is 4. The molecule has 27 heavy (non-hydrogen) atoms. The topological polar surface area (TPSA) is 64.3 Å². The van der Waals surface area contributed by atoms with Crippen molar-refractivity contribution in [2.75, 3.05) is 5.75 Å². The molecule has 0 radical (unpaired) electrons. The smallest absolute Gasteiger partial charge is 0.220 e. The Labute approximate surface area is 166 Å². The Hall–Kier alpha value is -1.43. The molecule has 156 valence electrons. The molecule has 0 saturated carbocycles. The fourth-order valence-electron chi connectivity index (χ4n) is 1.58. The van der Waals surface area contributed by atoms with Gasteiger partial charge in [0, 0.05) is 6.20 Å². The van der Waals surface area contributed by atoms with Gasteiger partial charge in [0.1, 0.15) is 0 Å². The highest BCUT2D eigenvalue weighted by molar-refractivity contribution is 7.91. The SMILES string of the molecule is CC(C)(C)C.CC(C)(C)C.CC(C)(C)CS(=O)(=O)c1nc2ccccn2n1. The predicted molar refractivity (Wildman–Crippen MR) is 115 cm³/mol. The van der Waals surface area contributed by atoms with E-state index in [0.29, 0.717) is 16.5 Å². The Morgan fingerprint density at radius 1 is 0.852 bits per heavy atom. The van der Waals surface area contributed by atoms with Crippen molar-refractivity contribution in [3.05, 3.63) is 24.4 Å². The van der Waals surface area contributed by atoms with Crippen molar-refractivity contribution in [1.82, 2.24) is 14.6 Å². The summed E-state index contributed by atoms with van der Waals surface area (Å²) in [6.07, 6.45) is 1.68. The average molecular weight is 398 g/mol. The van der Waals surface area contributed by atoms with Crippen LogP contribution < -0.4 is 0 Å². The summed E-state index contributed by atoms with van der Waals surface area (Å²) in [4.78, 5) is 4.03. The molecule has 0 spiro atoms. The molecule has 5 nitrogen and oxygen atoms in total. The molecular formula is C21H39N3O2S. The van der Waals surface area contributed by atoms with Crippen molar-refractivity contribution in [3.63, 3.8) is 0 Å². The van der Waals surface area contributed by atoms with E-state index in [0.717, 1.165) is 0 Å². The summed E-state index contributed by atoms with van der Waals surface area (Å²) in [6.45, 7) is 23.1. The number of pyridine rings is 1. The highest BCUT2D eigenvalue weighted by Crippen LogP contribution is 2.20. The second-order valence-corrected chi connectivity index (χ2v) is 13.1. The van der Waals surface area contributed by atoms with E-state index in [9.17, 15) is 8.42 Å². The first-order valence-corrected chi connectivity index (χ1v) is 11.0. The van der Waals surface area contributed by atoms with Crippen LogP contribution in [0.2, 0.25) is 0 Å². The maximum absolute atomic E-state index is 12.1. The van der Waals surface area contributed by atoms with Gasteiger partial charge in [-0.15, -0.1) is 5.10 Å². The molecule has 0 aromatic carbocycles. The molecule has 2 aromatic rings. The minimum Gasteiger partial charge on any atom is -0.220 e. The Morgan fingerprint density at radius 2 is 1.30 bits per heavy atom. The van der Waals surface area contributed by atoms with Gasteiger partial charge in [0.05, 0.1) is 5.75 Å². The van der Waals surface area contributed by atoms with E-state index in [-0.39, 0.29) is 16.3 Å². The first-order valence-electron chi connectivity index (χ1n) is 9.32. The molecule has 0 bridgehead atoms. The zero-order valence-electron chi connectivity index (χ0n) is 19.1. The van der Waals surface area contributed by atoms with Gasteiger partial charge in [-0.25, -0.2) is 12.9 Å². The number of rotatable bonds is 2. The summed E-state index contributed by atoms with van der Waals surface area (Å²) >= 11 is 0. The molecule has 0 N–H and O–H groups in total. The van der Waals surface area contributed by atoms with Gasteiger partial charge in [-0.05, 0) is 28.4 Å². The highest BCUT2D eigenvalue weighted by atomic mass is 32.2. The summed E-state index contributed by atoms with van der Waals surface area (Å²) in [5.41, 5.74) is 1.23. The molecule has 2 aromatic heterocycles. The zero-order chi connectivity index (χ0) is 21.7. The van der Waals surface area contributed by atoms with Crippen LogP contribution >= 0.6 is 0 Å². The summed E-state index contributed by atoms with van der Waals surface area (Å²) in [6, 6.07) is 5.30. The molecule has 2 heterocycles. The lowest BCUT2D eigenvalue weighted by Crippen LogP contribution is -2.21. The van der Waals surface area contributed by atoms with Crippen molar-refractivity contribution in [2.45, 2.75) is 81.3 Å². The van der Waals surface area contributed by atoms with Gasteiger partial charge in [0.25, 0.3) is 5.16 Å². The quantitative estimate of drug-likeness (QED) is 0.656. The maximum Gasteiger partial charge on any atom is 0.267 e. The van der Waals surface area contributed by atoms with E-state index >= 15 is 0 Å². The second kappa shape index (κ2) is 9.18. The van der Waals surface area contributed by atoms with Crippen LogP contribution in [0.4, 0.5) is 0 Å². The molecule has 0 saturated heterocycles. The van der Waals surface area contributed by atoms with Crippen molar-refractivity contribution in [3.8, 4) is 0 Å². The van der Waals surface area contributed by atoms with Gasteiger partial charge in [-0.3, -0.25) is 0 Å². The minimum atomic E-state index is -3.42. The summed E-state index contributed by atoms with van der Waals surface area (Å²) in [5.74, 6) is 0.0386. The van der Waals surface area contributed by atoms with E-state index in [4.69, 9.17) is 0 Å². The third-order valence-corrected chi connectivity index (χ3v) is 4.10. The van der Waals surface area contributed by atoms with Crippen molar-refractivity contribution < 1.29 is 8.42 Å². The van der Waals surface area contributed by atoms with Gasteiger partial charge in [-0.1, -0.05) is 82.2 Å². The second-order valence-electron chi connectivity index (χ2n) is 11.2. The number of nitrogens with zero attached hydrogens (tertiary/aromatic N) is 3. The number of fused-ring (bicyclic) bond motifs is 1. The fraction of sp³-hybridized carbons (Fsp3) is 0.714. The van der Waals surface area contributed by atoms with Crippen LogP contribution in [0.25, 0.3) is 5.65 Å². The monoisotopic (exact) mass is 397 g/mol. The number of sulfone groups is 1. The first kappa shape index (κ1) is 25.6. The van der Waals surface area contributed by atoms with Gasteiger partial charge < -0.3 is 0 Å². The molecule has 0 unspecified atom stereocenters. The Balaban J connectivity index is 0.000000563. The van der Waals surface area contributed by atoms with Crippen molar-refractivity contribution in [2.24, 2.45) is 16.2 Å². The van der Waals surface area contributed by atoms with E-state index in [1.807, 2.05) is 20.8 Å². The van der Waals surface area contributed by atoms with Crippen LogP contribution in [-0.2, 0) is 9.84 Å². The third-order valence-electron chi connectivity index (χ3n) is 2.12. The molecule has 6 heteroatoms. The van der Waals surface area contributed by atoms with Crippen LogP contribution in [0.15, 0.2) is 29.6 Å². The first-order chi connectivity index (χ1) is 11.8. The number of hydrogen-bond donors (Lipinski definition) is 0. The van der Waals surface area contributed by atoms with Crippen molar-refractivity contribution >= 4 is 15.5 Å². The number of aromatic nitrogens is 3. The largest absolute Gasteiger partial charge is 0.267 e. The summed E-state index contributed by atoms with van der Waals surface area (Å²) < 4.78 is 25.6. The van der Waals surface area contributed by atoms with Crippen LogP contribution in [0, 0.1) is 16.2 Å². The van der Waals surface area contributed by atoms with Crippen LogP contribution in [0.5, 0.6) is 0 Å². The third kappa shape index (κ3) is 14.3. The minimum absolute atomic E-state index is 0.0386. The zero-order valence-corrected chi connectivity index (χ0v) is 19.9. The predicted octanol–water partition coefficient (Wildman–Crippen LogP) is 5.65. The molecule has 0 aliphatic heterocycles. The highest BCUT2D eigenvalue weighted by Gasteiger charge is 2.27. The lowest BCUT2D eigenvalue weighted by molar-refractivity contribution is 0.459. The standard InChI is InChI=1S/C11H15N3O2S.2C5H12/c1-11(2,3)8-17(15,16)10-12-9-6-4-5-7-14(9)13-10;2*1-5(2,3)4/h4-7H,8H2,1-3H3;2*1-4H3. The Bertz CT molecular complexity index is 745. The van der Waals surface area contributed by atoms with Crippen LogP contribution in [0.3, 0.4) is 0 Å². The molecular weight excluding hydrogens is 358 g/mol. The molecule has 0 amide bonds. The molecule has 0 fully saturated rings. The van der Waals surface area contributed by atoms with Gasteiger partial charge in [0.2, 0.25) is 9.84 Å². The van der Waals surface area contributed by atoms with Crippen LogP contribution in [-0.4, -0.2) is 28.8 Å². The van der Waals surface area contributed by atoms with Gasteiger partial charge in [-0.2, -0.15) is 4.98 Å². The maximum atomic E-state index is 12.1. The molecule has 0 aliphatic carbocycles. The van der Waals surface area contributed by atoms with E-state index < -0.39 is 9.84 Å². The Morgan fingerprint density at radius 3 is 1.67 bits per heavy atom. The molecule has 0 atom stereocenters. The lowest BCUT2D eigenvalue weighted by Gasteiger charge is -2.16. The normalized spacial score (nSPS) is 12.7. The van der Waals surface area contributed by atoms with Crippen molar-refractivity contribution in [1.29, 1.82) is 0 Å². The fourth-order valence-corrected chi connectivity index (χ4v) is 3.29. The molecule has 2 rings (SSSR count). The lowest BCUT2D eigenvalue weighted by atomic mass is 10.0. The van der Waals surface area contributed by atoms with E-state index in [1.54, 1.807) is 24.4 Å². The molecule has 0 aliphatic rings. The van der Waals surface area contributed by atoms with Gasteiger partial charge in [0.15, 0.2) is 5.65 Å². The summed E-state index contributed by atoms with van der Waals surface area (Å²) in [5, 5.41) is 3.89. The van der Waals surface area contributed by atoms with Gasteiger partial charge >= 0.3 is 0 Å². The average Bonchev–Trinajstić information content (AvgIpc) is 2.75. The summed E-state index contributed by atoms with van der Waals surface area (Å²) in [7, 11) is -3.42. The van der Waals surface area contributed by atoms with Crippen LogP contribution in [0.1, 0.15) is 76.2 Å². The van der Waals surface area contributed by atoms with E-state index in [2.05, 4.69) is 65.5 Å². The van der Waals surface area contributed by atoms with E-state index in [1.165, 1.54) is 4.52 Å².